The molecule has 1 rings (SSSR count). The van der Waals surface area contributed by atoms with Crippen molar-refractivity contribution in [2.45, 2.75) is 18.9 Å². The summed E-state index contributed by atoms with van der Waals surface area (Å²) in [7, 11) is 2.99. The first kappa shape index (κ1) is 12.5. The number of nitrogens with two attached hydrogens (primary N) is 1. The zero-order valence-corrected chi connectivity index (χ0v) is 9.60. The molecule has 0 spiro atoms. The van der Waals surface area contributed by atoms with E-state index in [1.165, 1.54) is 7.11 Å². The molecular formula is C12H17NO3. The highest BCUT2D eigenvalue weighted by Crippen LogP contribution is 2.13. The SMILES string of the molecule is COC(=O)CC(N)Cc1ccc(OC)cc1. The number of rotatable bonds is 5. The molecular weight excluding hydrogens is 206 g/mol. The molecule has 0 saturated heterocycles. The normalized spacial score (nSPS) is 11.9. The molecule has 4 nitrogen and oxygen atoms in total. The Balaban J connectivity index is 2.49. The van der Waals surface area contributed by atoms with Gasteiger partial charge in [-0.05, 0) is 24.1 Å². The lowest BCUT2D eigenvalue weighted by atomic mass is 10.0. The number of ether oxygens (including phenoxy) is 2. The Kier molecular flexibility index (Phi) is 4.79. The number of esters is 1. The van der Waals surface area contributed by atoms with Gasteiger partial charge in [-0.3, -0.25) is 4.79 Å². The fourth-order valence-corrected chi connectivity index (χ4v) is 1.43. The minimum atomic E-state index is -0.277. The van der Waals surface area contributed by atoms with Crippen molar-refractivity contribution in [1.82, 2.24) is 0 Å². The Morgan fingerprint density at radius 2 is 1.94 bits per heavy atom. The van der Waals surface area contributed by atoms with Crippen molar-refractivity contribution in [3.05, 3.63) is 29.8 Å². The van der Waals surface area contributed by atoms with Crippen LogP contribution in [-0.4, -0.2) is 26.2 Å². The number of hydrogen-bond donors (Lipinski definition) is 1. The van der Waals surface area contributed by atoms with Crippen LogP contribution in [0.2, 0.25) is 0 Å². The Labute approximate surface area is 95.3 Å². The van der Waals surface area contributed by atoms with Crippen molar-refractivity contribution >= 4 is 5.97 Å². The Hall–Kier alpha value is -1.55. The first-order chi connectivity index (χ1) is 7.65. The molecule has 1 aromatic rings. The summed E-state index contributed by atoms with van der Waals surface area (Å²) >= 11 is 0. The molecule has 0 aliphatic rings. The number of benzene rings is 1. The minimum absolute atomic E-state index is 0.208. The second kappa shape index (κ2) is 6.12. The van der Waals surface area contributed by atoms with E-state index in [9.17, 15) is 4.79 Å². The maximum absolute atomic E-state index is 11.0. The van der Waals surface area contributed by atoms with Crippen LogP contribution in [0.5, 0.6) is 5.75 Å². The third kappa shape index (κ3) is 3.90. The van der Waals surface area contributed by atoms with Gasteiger partial charge in [-0.2, -0.15) is 0 Å². The molecule has 0 amide bonds. The monoisotopic (exact) mass is 223 g/mol. The Morgan fingerprint density at radius 1 is 1.31 bits per heavy atom. The lowest BCUT2D eigenvalue weighted by Crippen LogP contribution is -2.26. The summed E-state index contributed by atoms with van der Waals surface area (Å²) in [5.74, 6) is 0.534. The van der Waals surface area contributed by atoms with Gasteiger partial charge in [0.05, 0.1) is 20.6 Å². The van der Waals surface area contributed by atoms with Crippen LogP contribution in [0.4, 0.5) is 0 Å². The molecule has 1 atom stereocenters. The zero-order valence-electron chi connectivity index (χ0n) is 9.60. The molecule has 0 aliphatic carbocycles. The summed E-state index contributed by atoms with van der Waals surface area (Å²) in [6.07, 6.45) is 0.890. The largest absolute Gasteiger partial charge is 0.497 e. The second-order valence-corrected chi connectivity index (χ2v) is 3.59. The van der Waals surface area contributed by atoms with E-state index in [1.807, 2.05) is 24.3 Å². The van der Waals surface area contributed by atoms with Crippen LogP contribution in [0.1, 0.15) is 12.0 Å². The average molecular weight is 223 g/mol. The van der Waals surface area contributed by atoms with Crippen molar-refractivity contribution in [3.8, 4) is 5.75 Å². The van der Waals surface area contributed by atoms with E-state index in [-0.39, 0.29) is 18.4 Å². The van der Waals surface area contributed by atoms with Crippen LogP contribution in [-0.2, 0) is 16.0 Å². The van der Waals surface area contributed by atoms with Crippen LogP contribution in [0.15, 0.2) is 24.3 Å². The summed E-state index contributed by atoms with van der Waals surface area (Å²) in [4.78, 5) is 11.0. The molecule has 0 fully saturated rings. The molecule has 1 unspecified atom stereocenters. The molecule has 0 aliphatic heterocycles. The zero-order chi connectivity index (χ0) is 12.0. The number of carbonyl (C=O) groups excluding carboxylic acids is 1. The number of carbonyl (C=O) groups is 1. The highest BCUT2D eigenvalue weighted by molar-refractivity contribution is 5.69. The van der Waals surface area contributed by atoms with E-state index in [0.717, 1.165) is 11.3 Å². The minimum Gasteiger partial charge on any atom is -0.497 e. The molecule has 1 aromatic carbocycles. The van der Waals surface area contributed by atoms with E-state index < -0.39 is 0 Å². The quantitative estimate of drug-likeness (QED) is 0.760. The van der Waals surface area contributed by atoms with E-state index in [1.54, 1.807) is 7.11 Å². The lowest BCUT2D eigenvalue weighted by molar-refractivity contribution is -0.140. The van der Waals surface area contributed by atoms with Gasteiger partial charge in [-0.15, -0.1) is 0 Å². The van der Waals surface area contributed by atoms with Crippen molar-refractivity contribution in [2.75, 3.05) is 14.2 Å². The van der Waals surface area contributed by atoms with Gasteiger partial charge in [0.15, 0.2) is 0 Å². The number of hydrogen-bond acceptors (Lipinski definition) is 4. The molecule has 0 radical (unpaired) electrons. The summed E-state index contributed by atoms with van der Waals surface area (Å²) in [6, 6.07) is 7.42. The standard InChI is InChI=1S/C12H17NO3/c1-15-11-5-3-9(4-6-11)7-10(13)8-12(14)16-2/h3-6,10H,7-8,13H2,1-2H3. The Bertz CT molecular complexity index is 335. The molecule has 0 bridgehead atoms. The van der Waals surface area contributed by atoms with Gasteiger partial charge < -0.3 is 15.2 Å². The van der Waals surface area contributed by atoms with Gasteiger partial charge in [0.1, 0.15) is 5.75 Å². The van der Waals surface area contributed by atoms with Crippen molar-refractivity contribution in [1.29, 1.82) is 0 Å². The first-order valence-electron chi connectivity index (χ1n) is 5.11. The third-order valence-electron chi connectivity index (χ3n) is 2.31. The predicted octanol–water partition coefficient (Wildman–Crippen LogP) is 1.13. The van der Waals surface area contributed by atoms with Gasteiger partial charge >= 0.3 is 5.97 Å². The maximum Gasteiger partial charge on any atom is 0.307 e. The summed E-state index contributed by atoms with van der Waals surface area (Å²) in [5.41, 5.74) is 6.90. The van der Waals surface area contributed by atoms with E-state index in [4.69, 9.17) is 10.5 Å². The fraction of sp³-hybridized carbons (Fsp3) is 0.417. The summed E-state index contributed by atoms with van der Waals surface area (Å²) < 4.78 is 9.61. The van der Waals surface area contributed by atoms with E-state index in [2.05, 4.69) is 4.74 Å². The first-order valence-corrected chi connectivity index (χ1v) is 5.11. The molecule has 0 aromatic heterocycles. The van der Waals surface area contributed by atoms with Crippen molar-refractivity contribution < 1.29 is 14.3 Å². The smallest absolute Gasteiger partial charge is 0.307 e. The van der Waals surface area contributed by atoms with Crippen LogP contribution < -0.4 is 10.5 Å². The molecule has 4 heteroatoms. The molecule has 0 saturated carbocycles. The van der Waals surface area contributed by atoms with Gasteiger partial charge in [0, 0.05) is 6.04 Å². The van der Waals surface area contributed by atoms with Gasteiger partial charge in [0.25, 0.3) is 0 Å². The lowest BCUT2D eigenvalue weighted by Gasteiger charge is -2.10. The van der Waals surface area contributed by atoms with Gasteiger partial charge in [-0.25, -0.2) is 0 Å². The van der Waals surface area contributed by atoms with Crippen LogP contribution >= 0.6 is 0 Å². The van der Waals surface area contributed by atoms with E-state index >= 15 is 0 Å². The molecule has 2 N–H and O–H groups in total. The van der Waals surface area contributed by atoms with Crippen LogP contribution in [0.25, 0.3) is 0 Å². The second-order valence-electron chi connectivity index (χ2n) is 3.59. The molecule has 16 heavy (non-hydrogen) atoms. The topological polar surface area (TPSA) is 61.5 Å². The highest BCUT2D eigenvalue weighted by atomic mass is 16.5. The Morgan fingerprint density at radius 3 is 2.44 bits per heavy atom. The molecule has 88 valence electrons. The van der Waals surface area contributed by atoms with Gasteiger partial charge in [0.2, 0.25) is 0 Å². The molecule has 0 heterocycles. The number of methoxy groups -OCH3 is 2. The van der Waals surface area contributed by atoms with Crippen molar-refractivity contribution in [2.24, 2.45) is 5.73 Å². The maximum atomic E-state index is 11.0. The van der Waals surface area contributed by atoms with Crippen LogP contribution in [0.3, 0.4) is 0 Å². The average Bonchev–Trinajstić information content (AvgIpc) is 2.29. The highest BCUT2D eigenvalue weighted by Gasteiger charge is 2.10. The summed E-state index contributed by atoms with van der Waals surface area (Å²) in [6.45, 7) is 0. The predicted molar refractivity (Wildman–Crippen MR) is 61.3 cm³/mol. The van der Waals surface area contributed by atoms with Crippen molar-refractivity contribution in [3.63, 3.8) is 0 Å². The van der Waals surface area contributed by atoms with Crippen LogP contribution in [0, 0.1) is 0 Å². The summed E-state index contributed by atoms with van der Waals surface area (Å²) in [5, 5.41) is 0. The van der Waals surface area contributed by atoms with E-state index in [0.29, 0.717) is 6.42 Å². The third-order valence-corrected chi connectivity index (χ3v) is 2.31. The fourth-order valence-electron chi connectivity index (χ4n) is 1.43. The van der Waals surface area contributed by atoms with Gasteiger partial charge in [-0.1, -0.05) is 12.1 Å².